The largest absolute Gasteiger partial charge is 0.290 e. The predicted octanol–water partition coefficient (Wildman–Crippen LogP) is 2.05. The third-order valence-corrected chi connectivity index (χ3v) is 1.89. The number of alkyl halides is 1. The zero-order valence-electron chi connectivity index (χ0n) is 6.67. The van der Waals surface area contributed by atoms with Gasteiger partial charge in [0.25, 0.3) is 0 Å². The van der Waals surface area contributed by atoms with E-state index < -0.39 is 5.67 Å². The van der Waals surface area contributed by atoms with E-state index in [0.29, 0.717) is 0 Å². The van der Waals surface area contributed by atoms with Crippen LogP contribution < -0.4 is 0 Å². The first kappa shape index (κ1) is 8.18. The third-order valence-electron chi connectivity index (χ3n) is 1.89. The van der Waals surface area contributed by atoms with Crippen LogP contribution in [0, 0.1) is 5.92 Å². The van der Waals surface area contributed by atoms with Crippen molar-refractivity contribution in [2.45, 2.75) is 19.5 Å². The highest BCUT2D eigenvalue weighted by Crippen LogP contribution is 2.27. The third kappa shape index (κ3) is 1.56. The first-order chi connectivity index (χ1) is 5.04. The minimum absolute atomic E-state index is 0.122. The number of hydrogen-bond donors (Lipinski definition) is 0. The van der Waals surface area contributed by atoms with Crippen LogP contribution in [0.2, 0.25) is 0 Å². The van der Waals surface area contributed by atoms with Crippen molar-refractivity contribution in [2.24, 2.45) is 5.92 Å². The van der Waals surface area contributed by atoms with Crippen LogP contribution in [-0.4, -0.2) is 11.5 Å². The lowest BCUT2D eigenvalue weighted by molar-refractivity contribution is -0.110. The molecule has 0 amide bonds. The molecule has 0 fully saturated rings. The first-order valence-corrected chi connectivity index (χ1v) is 3.66. The molecule has 0 radical (unpaired) electrons. The number of halogens is 1. The lowest BCUT2D eigenvalue weighted by Gasteiger charge is -2.23. The minimum Gasteiger partial charge on any atom is -0.290 e. The van der Waals surface area contributed by atoms with E-state index >= 15 is 0 Å². The fourth-order valence-electron chi connectivity index (χ4n) is 0.916. The number of rotatable bonds is 1. The lowest BCUT2D eigenvalue weighted by atomic mass is 9.88. The van der Waals surface area contributed by atoms with Gasteiger partial charge < -0.3 is 0 Å². The maximum Gasteiger partial charge on any atom is 0.178 e. The number of carbonyl (C=O) groups excluding carboxylic acids is 1. The summed E-state index contributed by atoms with van der Waals surface area (Å²) in [4.78, 5) is 10.6. The standard InChI is InChI=1S/C9H11FO/c1-7(2)9(10)5-3-8(11)4-6-9/h3-7H,1-2H3. The molecule has 0 aromatic rings. The van der Waals surface area contributed by atoms with Gasteiger partial charge in [-0.1, -0.05) is 13.8 Å². The summed E-state index contributed by atoms with van der Waals surface area (Å²) in [5, 5.41) is 0. The second-order valence-corrected chi connectivity index (χ2v) is 3.05. The Morgan fingerprint density at radius 3 is 2.18 bits per heavy atom. The monoisotopic (exact) mass is 154 g/mol. The van der Waals surface area contributed by atoms with Gasteiger partial charge in [0.15, 0.2) is 5.78 Å². The van der Waals surface area contributed by atoms with E-state index in [1.165, 1.54) is 24.3 Å². The van der Waals surface area contributed by atoms with Crippen LogP contribution in [0.15, 0.2) is 24.3 Å². The van der Waals surface area contributed by atoms with Gasteiger partial charge in [-0.2, -0.15) is 0 Å². The van der Waals surface area contributed by atoms with Crippen molar-refractivity contribution in [1.29, 1.82) is 0 Å². The van der Waals surface area contributed by atoms with Crippen LogP contribution in [0.1, 0.15) is 13.8 Å². The maximum atomic E-state index is 13.5. The quantitative estimate of drug-likeness (QED) is 0.565. The number of hydrogen-bond acceptors (Lipinski definition) is 1. The Labute approximate surface area is 65.6 Å². The molecule has 60 valence electrons. The Morgan fingerprint density at radius 1 is 1.36 bits per heavy atom. The molecule has 2 heteroatoms. The SMILES string of the molecule is CC(C)C1(F)C=CC(=O)C=C1. The molecule has 11 heavy (non-hydrogen) atoms. The molecule has 0 saturated heterocycles. The van der Waals surface area contributed by atoms with Crippen LogP contribution >= 0.6 is 0 Å². The van der Waals surface area contributed by atoms with Gasteiger partial charge in [0, 0.05) is 0 Å². The molecule has 0 atom stereocenters. The lowest BCUT2D eigenvalue weighted by Crippen LogP contribution is -2.26. The summed E-state index contributed by atoms with van der Waals surface area (Å²) in [5.41, 5.74) is -1.42. The molecule has 1 aliphatic rings. The molecule has 0 aromatic carbocycles. The van der Waals surface area contributed by atoms with Crippen molar-refractivity contribution in [3.8, 4) is 0 Å². The van der Waals surface area contributed by atoms with Crippen molar-refractivity contribution >= 4 is 5.78 Å². The summed E-state index contributed by atoms with van der Waals surface area (Å²) in [5.74, 6) is -0.262. The molecular formula is C9H11FO. The Balaban J connectivity index is 2.85. The summed E-state index contributed by atoms with van der Waals surface area (Å²) in [6.45, 7) is 3.56. The molecule has 1 rings (SSSR count). The Kier molecular flexibility index (Phi) is 1.94. The van der Waals surface area contributed by atoms with E-state index in [-0.39, 0.29) is 11.7 Å². The molecule has 0 spiro atoms. The van der Waals surface area contributed by atoms with Crippen LogP contribution in [0.3, 0.4) is 0 Å². The zero-order chi connectivity index (χ0) is 8.48. The Bertz CT molecular complexity index is 210. The minimum atomic E-state index is -1.42. The second-order valence-electron chi connectivity index (χ2n) is 3.05. The molecule has 1 aliphatic carbocycles. The summed E-state index contributed by atoms with van der Waals surface area (Å²) >= 11 is 0. The highest BCUT2D eigenvalue weighted by Gasteiger charge is 2.29. The van der Waals surface area contributed by atoms with Crippen LogP contribution in [0.4, 0.5) is 4.39 Å². The smallest absolute Gasteiger partial charge is 0.178 e. The molecule has 0 unspecified atom stereocenters. The summed E-state index contributed by atoms with van der Waals surface area (Å²) in [6, 6.07) is 0. The van der Waals surface area contributed by atoms with Gasteiger partial charge in [0.1, 0.15) is 5.67 Å². The molecule has 0 aromatic heterocycles. The predicted molar refractivity (Wildman–Crippen MR) is 42.0 cm³/mol. The van der Waals surface area contributed by atoms with Gasteiger partial charge in [-0.05, 0) is 30.2 Å². The first-order valence-electron chi connectivity index (χ1n) is 3.66. The molecule has 0 aliphatic heterocycles. The van der Waals surface area contributed by atoms with E-state index in [0.717, 1.165) is 0 Å². The fourth-order valence-corrected chi connectivity index (χ4v) is 0.916. The average molecular weight is 154 g/mol. The van der Waals surface area contributed by atoms with E-state index in [2.05, 4.69) is 0 Å². The second kappa shape index (κ2) is 2.61. The molecule has 0 bridgehead atoms. The van der Waals surface area contributed by atoms with Crippen molar-refractivity contribution in [1.82, 2.24) is 0 Å². The normalized spacial score (nSPS) is 21.3. The molecule has 0 heterocycles. The van der Waals surface area contributed by atoms with Crippen molar-refractivity contribution < 1.29 is 9.18 Å². The highest BCUT2D eigenvalue weighted by atomic mass is 19.1. The van der Waals surface area contributed by atoms with E-state index in [9.17, 15) is 9.18 Å². The van der Waals surface area contributed by atoms with E-state index in [1.54, 1.807) is 13.8 Å². The summed E-state index contributed by atoms with van der Waals surface area (Å²) in [6.07, 6.45) is 5.19. The van der Waals surface area contributed by atoms with Crippen molar-refractivity contribution in [2.75, 3.05) is 0 Å². The van der Waals surface area contributed by atoms with E-state index in [1.807, 2.05) is 0 Å². The molecule has 1 nitrogen and oxygen atoms in total. The molecule has 0 N–H and O–H groups in total. The Hall–Kier alpha value is -0.920. The molecular weight excluding hydrogens is 143 g/mol. The van der Waals surface area contributed by atoms with Gasteiger partial charge in [0.2, 0.25) is 0 Å². The Morgan fingerprint density at radius 2 is 1.82 bits per heavy atom. The fraction of sp³-hybridized carbons (Fsp3) is 0.444. The molecule has 0 saturated carbocycles. The average Bonchev–Trinajstić information content (AvgIpc) is 1.95. The van der Waals surface area contributed by atoms with Gasteiger partial charge in [-0.25, -0.2) is 4.39 Å². The summed E-state index contributed by atoms with van der Waals surface area (Å²) < 4.78 is 13.5. The number of ketones is 1. The number of carbonyl (C=O) groups is 1. The zero-order valence-corrected chi connectivity index (χ0v) is 6.67. The van der Waals surface area contributed by atoms with Gasteiger partial charge in [-0.15, -0.1) is 0 Å². The number of allylic oxidation sites excluding steroid dienone is 4. The van der Waals surface area contributed by atoms with E-state index in [4.69, 9.17) is 0 Å². The van der Waals surface area contributed by atoms with Gasteiger partial charge in [-0.3, -0.25) is 4.79 Å². The van der Waals surface area contributed by atoms with Gasteiger partial charge in [0.05, 0.1) is 0 Å². The topological polar surface area (TPSA) is 17.1 Å². The maximum absolute atomic E-state index is 13.5. The van der Waals surface area contributed by atoms with Crippen LogP contribution in [0.25, 0.3) is 0 Å². The van der Waals surface area contributed by atoms with Crippen molar-refractivity contribution in [3.05, 3.63) is 24.3 Å². The van der Waals surface area contributed by atoms with Crippen molar-refractivity contribution in [3.63, 3.8) is 0 Å². The highest BCUT2D eigenvalue weighted by molar-refractivity contribution is 6.00. The van der Waals surface area contributed by atoms with Crippen LogP contribution in [-0.2, 0) is 4.79 Å². The van der Waals surface area contributed by atoms with Crippen LogP contribution in [0.5, 0.6) is 0 Å². The summed E-state index contributed by atoms with van der Waals surface area (Å²) in [7, 11) is 0. The van der Waals surface area contributed by atoms with Gasteiger partial charge >= 0.3 is 0 Å².